The summed E-state index contributed by atoms with van der Waals surface area (Å²) in [5, 5.41) is 8.84. The Hall–Kier alpha value is -1.61. The summed E-state index contributed by atoms with van der Waals surface area (Å²) in [5.74, 6) is 1.17. The van der Waals surface area contributed by atoms with Crippen molar-refractivity contribution in [2.75, 3.05) is 33.7 Å². The van der Waals surface area contributed by atoms with E-state index in [0.717, 1.165) is 25.9 Å². The molecule has 7 heteroatoms. The molecule has 1 aromatic heterocycles. The monoisotopic (exact) mass is 514 g/mol. The van der Waals surface area contributed by atoms with E-state index in [1.807, 2.05) is 18.2 Å². The summed E-state index contributed by atoms with van der Waals surface area (Å²) in [6, 6.07) is 14.6. The summed E-state index contributed by atoms with van der Waals surface area (Å²) >= 11 is 1.79. The lowest BCUT2D eigenvalue weighted by Crippen LogP contribution is -2.41. The van der Waals surface area contributed by atoms with Crippen LogP contribution in [0.5, 0.6) is 0 Å². The molecular weight excluding hydrogens is 483 g/mol. The average molecular weight is 514 g/mol. The van der Waals surface area contributed by atoms with Crippen LogP contribution in [-0.4, -0.2) is 50.5 Å². The lowest BCUT2D eigenvalue weighted by atomic mass is 10.1. The summed E-state index contributed by atoms with van der Waals surface area (Å²) in [6.45, 7) is 3.95. The Bertz CT molecular complexity index is 704. The highest BCUT2D eigenvalue weighted by Crippen LogP contribution is 2.13. The van der Waals surface area contributed by atoms with Gasteiger partial charge in [-0.05, 0) is 35.8 Å². The van der Waals surface area contributed by atoms with E-state index in [9.17, 15) is 4.79 Å². The molecule has 0 radical (unpaired) electrons. The Morgan fingerprint density at radius 3 is 2.54 bits per heavy atom. The van der Waals surface area contributed by atoms with E-state index in [1.165, 1.54) is 10.4 Å². The van der Waals surface area contributed by atoms with Gasteiger partial charge in [0.2, 0.25) is 5.91 Å². The maximum atomic E-state index is 11.9. The lowest BCUT2D eigenvalue weighted by Gasteiger charge is -2.17. The number of guanidine groups is 1. The third-order valence-corrected chi connectivity index (χ3v) is 5.07. The molecule has 28 heavy (non-hydrogen) atoms. The van der Waals surface area contributed by atoms with Gasteiger partial charge in [0.25, 0.3) is 0 Å². The van der Waals surface area contributed by atoms with E-state index in [4.69, 9.17) is 0 Å². The van der Waals surface area contributed by atoms with Crippen LogP contribution in [0.25, 0.3) is 0 Å². The van der Waals surface area contributed by atoms with Crippen LogP contribution in [0.2, 0.25) is 0 Å². The largest absolute Gasteiger partial charge is 0.356 e. The van der Waals surface area contributed by atoms with Gasteiger partial charge in [-0.2, -0.15) is 0 Å². The van der Waals surface area contributed by atoms with Crippen molar-refractivity contribution in [1.82, 2.24) is 15.5 Å². The van der Waals surface area contributed by atoms with Gasteiger partial charge >= 0.3 is 0 Å². The molecule has 0 aliphatic heterocycles. The van der Waals surface area contributed by atoms with Crippen LogP contribution in [0.15, 0.2) is 52.8 Å². The molecule has 0 bridgehead atoms. The summed E-state index contributed by atoms with van der Waals surface area (Å²) in [7, 11) is 3.49. The molecule has 0 fully saturated rings. The summed E-state index contributed by atoms with van der Waals surface area (Å²) in [4.78, 5) is 19.3. The maximum Gasteiger partial charge on any atom is 0.243 e. The number of halogens is 1. The van der Waals surface area contributed by atoms with E-state index in [-0.39, 0.29) is 36.4 Å². The van der Waals surface area contributed by atoms with Crippen LogP contribution >= 0.6 is 35.3 Å². The normalized spacial score (nSPS) is 12.0. The van der Waals surface area contributed by atoms with Crippen LogP contribution in [0.4, 0.5) is 0 Å². The first-order valence-corrected chi connectivity index (χ1v) is 10.2. The number of carbonyl (C=O) groups excluding carboxylic acids is 1. The first kappa shape index (κ1) is 24.4. The molecule has 0 saturated carbocycles. The molecule has 1 amide bonds. The Labute approximate surface area is 189 Å². The van der Waals surface area contributed by atoms with Crippen molar-refractivity contribution >= 4 is 47.2 Å². The first-order valence-electron chi connectivity index (χ1n) is 9.33. The first-order chi connectivity index (χ1) is 13.0. The molecule has 2 aromatic rings. The van der Waals surface area contributed by atoms with Crippen LogP contribution in [0, 0.1) is 5.92 Å². The highest BCUT2D eigenvalue weighted by atomic mass is 127. The van der Waals surface area contributed by atoms with Crippen molar-refractivity contribution in [2.24, 2.45) is 10.9 Å². The number of carbonyl (C=O) groups is 1. The molecule has 2 N–H and O–H groups in total. The number of rotatable bonds is 9. The number of likely N-dealkylation sites (N-methyl/N-ethyl adjacent to an activating group) is 1. The van der Waals surface area contributed by atoms with E-state index in [0.29, 0.717) is 11.9 Å². The van der Waals surface area contributed by atoms with Gasteiger partial charge in [-0.1, -0.05) is 43.3 Å². The van der Waals surface area contributed by atoms with Gasteiger partial charge < -0.3 is 15.5 Å². The van der Waals surface area contributed by atoms with Crippen molar-refractivity contribution in [1.29, 1.82) is 0 Å². The number of nitrogens with zero attached hydrogens (tertiary/aromatic N) is 2. The molecule has 0 spiro atoms. The number of benzene rings is 1. The van der Waals surface area contributed by atoms with Crippen LogP contribution in [-0.2, 0) is 17.6 Å². The third kappa shape index (κ3) is 9.54. The van der Waals surface area contributed by atoms with Gasteiger partial charge in [-0.3, -0.25) is 4.79 Å². The number of thiophene rings is 1. The Kier molecular flexibility index (Phi) is 11.8. The molecule has 1 atom stereocenters. The van der Waals surface area contributed by atoms with Gasteiger partial charge in [-0.25, -0.2) is 4.99 Å². The number of hydrogen-bond donors (Lipinski definition) is 2. The molecule has 1 unspecified atom stereocenters. The van der Waals surface area contributed by atoms with E-state index < -0.39 is 0 Å². The summed E-state index contributed by atoms with van der Waals surface area (Å²) < 4.78 is 0. The van der Waals surface area contributed by atoms with E-state index >= 15 is 0 Å². The number of amides is 1. The molecule has 1 heterocycles. The fourth-order valence-corrected chi connectivity index (χ4v) is 3.42. The number of hydrogen-bond acceptors (Lipinski definition) is 3. The van der Waals surface area contributed by atoms with Crippen LogP contribution in [0.1, 0.15) is 17.4 Å². The summed E-state index contributed by atoms with van der Waals surface area (Å²) in [6.07, 6.45) is 1.95. The van der Waals surface area contributed by atoms with Crippen molar-refractivity contribution in [3.8, 4) is 0 Å². The van der Waals surface area contributed by atoms with Crippen LogP contribution < -0.4 is 10.6 Å². The molecule has 0 saturated heterocycles. The second-order valence-electron chi connectivity index (χ2n) is 6.88. The van der Waals surface area contributed by atoms with Gasteiger partial charge in [0.15, 0.2) is 5.96 Å². The van der Waals surface area contributed by atoms with Crippen molar-refractivity contribution in [3.05, 3.63) is 58.3 Å². The second-order valence-corrected chi connectivity index (χ2v) is 7.92. The minimum atomic E-state index is -0.00852. The topological polar surface area (TPSA) is 56.7 Å². The Balaban J connectivity index is 0.00000392. The predicted octanol–water partition coefficient (Wildman–Crippen LogP) is 3.41. The second kappa shape index (κ2) is 13.5. The molecule has 2 rings (SSSR count). The Morgan fingerprint density at radius 2 is 1.89 bits per heavy atom. The molecule has 0 aliphatic carbocycles. The molecule has 5 nitrogen and oxygen atoms in total. The van der Waals surface area contributed by atoms with Gasteiger partial charge in [0.1, 0.15) is 6.54 Å². The van der Waals surface area contributed by atoms with E-state index in [2.05, 4.69) is 52.2 Å². The molecular formula is C21H31IN4OS. The molecule has 1 aromatic carbocycles. The number of nitrogens with one attached hydrogen (secondary N) is 2. The summed E-state index contributed by atoms with van der Waals surface area (Å²) in [5.41, 5.74) is 1.28. The lowest BCUT2D eigenvalue weighted by molar-refractivity contribution is -0.127. The van der Waals surface area contributed by atoms with Crippen molar-refractivity contribution < 1.29 is 4.79 Å². The predicted molar refractivity (Wildman–Crippen MR) is 130 cm³/mol. The minimum Gasteiger partial charge on any atom is -0.356 e. The van der Waals surface area contributed by atoms with Crippen molar-refractivity contribution in [2.45, 2.75) is 19.8 Å². The smallest absolute Gasteiger partial charge is 0.243 e. The highest BCUT2D eigenvalue weighted by Gasteiger charge is 2.08. The fraction of sp³-hybridized carbons (Fsp3) is 0.429. The standard InChI is InChI=1S/C21H30N4OS.HI/c1-17(14-19-10-7-13-27-19)15-23-21(24-16-20(26)25(2)3)22-12-11-18-8-5-4-6-9-18;/h4-10,13,17H,11-12,14-16H2,1-3H3,(H2,22,23,24);1H. The van der Waals surface area contributed by atoms with E-state index in [1.54, 1.807) is 30.3 Å². The SMILES string of the molecule is CC(CNC(=NCC(=O)N(C)C)NCCc1ccccc1)Cc1cccs1.I. The zero-order valence-corrected chi connectivity index (χ0v) is 20.0. The highest BCUT2D eigenvalue weighted by molar-refractivity contribution is 14.0. The zero-order valence-electron chi connectivity index (χ0n) is 16.9. The quantitative estimate of drug-likeness (QED) is 0.307. The van der Waals surface area contributed by atoms with Gasteiger partial charge in [-0.15, -0.1) is 35.3 Å². The average Bonchev–Trinajstić information content (AvgIpc) is 3.16. The molecule has 154 valence electrons. The Morgan fingerprint density at radius 1 is 1.14 bits per heavy atom. The maximum absolute atomic E-state index is 11.9. The molecule has 0 aliphatic rings. The van der Waals surface area contributed by atoms with Gasteiger partial charge in [0, 0.05) is 32.1 Å². The fourth-order valence-electron chi connectivity index (χ4n) is 2.55. The number of aliphatic imine (C=N–C) groups is 1. The van der Waals surface area contributed by atoms with Gasteiger partial charge in [0.05, 0.1) is 0 Å². The third-order valence-electron chi connectivity index (χ3n) is 4.17. The minimum absolute atomic E-state index is 0. The van der Waals surface area contributed by atoms with Crippen molar-refractivity contribution in [3.63, 3.8) is 0 Å². The van der Waals surface area contributed by atoms with Crippen LogP contribution in [0.3, 0.4) is 0 Å². The zero-order chi connectivity index (χ0) is 19.5.